The number of nitrogens with zero attached hydrogens (tertiary/aromatic N) is 2. The monoisotopic (exact) mass is 459 g/mol. The van der Waals surface area contributed by atoms with E-state index in [1.807, 2.05) is 59.3 Å². The Morgan fingerprint density at radius 3 is 2.38 bits per heavy atom. The molecule has 5 rings (SSSR count). The van der Waals surface area contributed by atoms with Crippen molar-refractivity contribution < 1.29 is 19.7 Å². The van der Waals surface area contributed by atoms with Crippen LogP contribution >= 0.6 is 0 Å². The number of aromatic nitrogens is 2. The summed E-state index contributed by atoms with van der Waals surface area (Å²) in [6.45, 7) is 2.41. The minimum Gasteiger partial charge on any atom is -0.485 e. The van der Waals surface area contributed by atoms with Crippen molar-refractivity contribution in [2.75, 3.05) is 13.2 Å². The zero-order valence-electron chi connectivity index (χ0n) is 19.1. The molecule has 7 heteroatoms. The van der Waals surface area contributed by atoms with Gasteiger partial charge in [-0.15, -0.1) is 0 Å². The first-order valence-electron chi connectivity index (χ1n) is 11.6. The molecule has 1 aliphatic heterocycles. The molecular weight excluding hydrogens is 430 g/mol. The van der Waals surface area contributed by atoms with Gasteiger partial charge in [-0.2, -0.15) is 0 Å². The maximum absolute atomic E-state index is 10.1. The molecule has 0 radical (unpaired) electrons. The van der Waals surface area contributed by atoms with Gasteiger partial charge in [-0.05, 0) is 55.2 Å². The Morgan fingerprint density at radius 2 is 1.79 bits per heavy atom. The van der Waals surface area contributed by atoms with Crippen LogP contribution in [0.4, 0.5) is 0 Å². The Balaban J connectivity index is 1.30. The molecule has 1 saturated carbocycles. The van der Waals surface area contributed by atoms with E-state index in [2.05, 4.69) is 16.8 Å². The van der Waals surface area contributed by atoms with Crippen molar-refractivity contribution in [3.8, 4) is 28.7 Å². The van der Waals surface area contributed by atoms with Crippen molar-refractivity contribution in [2.45, 2.75) is 49.7 Å². The lowest BCUT2D eigenvalue weighted by Crippen LogP contribution is -2.34. The van der Waals surface area contributed by atoms with Gasteiger partial charge in [0.1, 0.15) is 35.9 Å². The molecule has 1 aromatic heterocycles. The van der Waals surface area contributed by atoms with Crippen molar-refractivity contribution >= 4 is 0 Å². The van der Waals surface area contributed by atoms with Crippen LogP contribution in [0, 0.1) is 11.8 Å². The van der Waals surface area contributed by atoms with Crippen LogP contribution in [0.25, 0.3) is 11.1 Å². The molecule has 0 bridgehead atoms. The van der Waals surface area contributed by atoms with E-state index in [9.17, 15) is 10.2 Å². The number of rotatable bonds is 6. The van der Waals surface area contributed by atoms with Crippen molar-refractivity contribution in [3.63, 3.8) is 0 Å². The van der Waals surface area contributed by atoms with E-state index in [0.717, 1.165) is 29.5 Å². The lowest BCUT2D eigenvalue weighted by Gasteiger charge is -2.22. The first-order chi connectivity index (χ1) is 16.4. The molecule has 0 amide bonds. The second kappa shape index (κ2) is 9.24. The lowest BCUT2D eigenvalue weighted by atomic mass is 10.0. The maximum atomic E-state index is 10.1. The largest absolute Gasteiger partial charge is 0.485 e. The molecule has 176 valence electrons. The van der Waals surface area contributed by atoms with Crippen LogP contribution in [0.2, 0.25) is 0 Å². The Hall–Kier alpha value is -3.15. The van der Waals surface area contributed by atoms with Crippen molar-refractivity contribution in [1.29, 1.82) is 0 Å². The summed E-state index contributed by atoms with van der Waals surface area (Å²) in [5, 5.41) is 19.9. The van der Waals surface area contributed by atoms with Gasteiger partial charge in [0.15, 0.2) is 0 Å². The molecule has 4 atom stereocenters. The van der Waals surface area contributed by atoms with E-state index in [0.29, 0.717) is 24.8 Å². The minimum absolute atomic E-state index is 0.240. The molecule has 7 nitrogen and oxygen atoms in total. The molecule has 2 fully saturated rings. The average Bonchev–Trinajstić information content (AvgIpc) is 3.20. The summed E-state index contributed by atoms with van der Waals surface area (Å²) in [5.74, 6) is 7.88. The fraction of sp³-hybridized carbons (Fsp3) is 0.370. The number of hydrogen-bond acceptors (Lipinski definition) is 6. The predicted molar refractivity (Wildman–Crippen MR) is 128 cm³/mol. The first-order valence-corrected chi connectivity index (χ1v) is 11.6. The summed E-state index contributed by atoms with van der Waals surface area (Å²) in [5.41, 5.74) is 9.16. The average molecular weight is 460 g/mol. The van der Waals surface area contributed by atoms with E-state index in [1.54, 1.807) is 13.1 Å². The molecule has 1 aliphatic carbocycles. The highest BCUT2D eigenvalue weighted by Crippen LogP contribution is 2.43. The molecule has 0 spiro atoms. The highest BCUT2D eigenvalue weighted by Gasteiger charge is 2.47. The number of hydrogen-bond donors (Lipinski definition) is 3. The van der Waals surface area contributed by atoms with E-state index in [1.165, 1.54) is 0 Å². The van der Waals surface area contributed by atoms with Gasteiger partial charge in [-0.25, -0.2) is 4.98 Å². The van der Waals surface area contributed by atoms with Gasteiger partial charge in [0, 0.05) is 23.5 Å². The van der Waals surface area contributed by atoms with E-state index in [4.69, 9.17) is 15.2 Å². The summed E-state index contributed by atoms with van der Waals surface area (Å²) in [7, 11) is 0. The summed E-state index contributed by atoms with van der Waals surface area (Å²) in [6.07, 6.45) is 3.71. The normalized spacial score (nSPS) is 22.5. The van der Waals surface area contributed by atoms with Gasteiger partial charge < -0.3 is 30.0 Å². The van der Waals surface area contributed by atoms with Crippen LogP contribution in [0.1, 0.15) is 43.3 Å². The molecular formula is C27H29N3O4. The van der Waals surface area contributed by atoms with Crippen LogP contribution in [0.5, 0.6) is 5.75 Å². The van der Waals surface area contributed by atoms with Crippen LogP contribution in [0.15, 0.2) is 60.9 Å². The quantitative estimate of drug-likeness (QED) is 0.490. The Morgan fingerprint density at radius 1 is 1.12 bits per heavy atom. The van der Waals surface area contributed by atoms with Crippen LogP contribution < -0.4 is 10.5 Å². The number of imidazole rings is 1. The third-order valence-corrected chi connectivity index (χ3v) is 6.44. The Bertz CT molecular complexity index is 1190. The zero-order chi connectivity index (χ0) is 23.7. The Labute approximate surface area is 199 Å². The number of ether oxygens (including phenoxy) is 2. The summed E-state index contributed by atoms with van der Waals surface area (Å²) < 4.78 is 12.9. The summed E-state index contributed by atoms with van der Waals surface area (Å²) >= 11 is 0. The second-order valence-corrected chi connectivity index (χ2v) is 9.14. The number of aliphatic hydroxyl groups excluding tert-OH is 2. The van der Waals surface area contributed by atoms with E-state index < -0.39 is 12.2 Å². The van der Waals surface area contributed by atoms with Gasteiger partial charge in [0.05, 0.1) is 13.2 Å². The van der Waals surface area contributed by atoms with E-state index in [-0.39, 0.29) is 17.7 Å². The van der Waals surface area contributed by atoms with Gasteiger partial charge in [-0.1, -0.05) is 36.1 Å². The van der Waals surface area contributed by atoms with Gasteiger partial charge in [0.25, 0.3) is 0 Å². The standard InChI is InChI=1S/C27H29N3O4/c1-18(31)26-29-14-15-30(26)25(27(28)12-13-27)11-4-19-2-5-20(6-3-19)21-7-9-22(10-8-21)34-24-17-33-16-23(24)32/h2-3,5-10,14-15,18,23-25,31-32H,12-13,16-17,28H2,1H3/t18-,23+,24?,25?/m0/s1. The first kappa shape index (κ1) is 22.6. The summed E-state index contributed by atoms with van der Waals surface area (Å²) in [4.78, 5) is 4.28. The van der Waals surface area contributed by atoms with E-state index >= 15 is 0 Å². The molecule has 3 aromatic rings. The van der Waals surface area contributed by atoms with Crippen molar-refractivity contribution in [3.05, 3.63) is 72.3 Å². The highest BCUT2D eigenvalue weighted by atomic mass is 16.6. The van der Waals surface area contributed by atoms with Crippen LogP contribution in [0.3, 0.4) is 0 Å². The molecule has 2 aliphatic rings. The fourth-order valence-electron chi connectivity index (χ4n) is 4.21. The topological polar surface area (TPSA) is 103 Å². The predicted octanol–water partition coefficient (Wildman–Crippen LogP) is 2.83. The second-order valence-electron chi connectivity index (χ2n) is 9.14. The van der Waals surface area contributed by atoms with Crippen molar-refractivity contribution in [2.24, 2.45) is 5.73 Å². The zero-order valence-corrected chi connectivity index (χ0v) is 19.1. The van der Waals surface area contributed by atoms with Crippen LogP contribution in [-0.2, 0) is 4.74 Å². The molecule has 2 unspecified atom stereocenters. The lowest BCUT2D eigenvalue weighted by molar-refractivity contribution is 0.0733. The third kappa shape index (κ3) is 4.72. The molecule has 34 heavy (non-hydrogen) atoms. The van der Waals surface area contributed by atoms with Gasteiger partial charge >= 0.3 is 0 Å². The smallest absolute Gasteiger partial charge is 0.150 e. The molecule has 1 saturated heterocycles. The highest BCUT2D eigenvalue weighted by molar-refractivity contribution is 5.65. The SMILES string of the molecule is C[C@H](O)c1nccn1C(C#Cc1ccc(-c2ccc(OC3COC[C@H]3O)cc2)cc1)C1(N)CC1. The molecule has 2 aromatic carbocycles. The fourth-order valence-corrected chi connectivity index (χ4v) is 4.21. The molecule has 4 N–H and O–H groups in total. The Kier molecular flexibility index (Phi) is 6.15. The maximum Gasteiger partial charge on any atom is 0.150 e. The third-order valence-electron chi connectivity index (χ3n) is 6.44. The van der Waals surface area contributed by atoms with Crippen molar-refractivity contribution in [1.82, 2.24) is 9.55 Å². The van der Waals surface area contributed by atoms with Crippen LogP contribution in [-0.4, -0.2) is 50.7 Å². The summed E-state index contributed by atoms with van der Waals surface area (Å²) in [6, 6.07) is 15.6. The number of benzene rings is 2. The molecule has 2 heterocycles. The van der Waals surface area contributed by atoms with Gasteiger partial charge in [0.2, 0.25) is 0 Å². The number of aliphatic hydroxyl groups is 2. The minimum atomic E-state index is -0.686. The van der Waals surface area contributed by atoms with Gasteiger partial charge in [-0.3, -0.25) is 0 Å². The number of nitrogens with two attached hydrogens (primary N) is 1.